The van der Waals surface area contributed by atoms with E-state index in [9.17, 15) is 9.59 Å². The summed E-state index contributed by atoms with van der Waals surface area (Å²) < 4.78 is 11.4. The minimum absolute atomic E-state index is 0.111. The van der Waals surface area contributed by atoms with Crippen molar-refractivity contribution in [3.8, 4) is 5.75 Å². The zero-order valence-corrected chi connectivity index (χ0v) is 14.4. The van der Waals surface area contributed by atoms with Crippen LogP contribution in [0.1, 0.15) is 55.5 Å². The van der Waals surface area contributed by atoms with Crippen LogP contribution in [0.4, 0.5) is 0 Å². The predicted molar refractivity (Wildman–Crippen MR) is 90.4 cm³/mol. The second kappa shape index (κ2) is 6.93. The molecule has 1 heterocycles. The zero-order chi connectivity index (χ0) is 17.2. The number of carbonyl (C=O) groups is 2. The molecule has 1 aromatic rings. The molecule has 130 valence electrons. The highest BCUT2D eigenvalue weighted by Crippen LogP contribution is 2.27. The lowest BCUT2D eigenvalue weighted by Crippen LogP contribution is -2.48. The third kappa shape index (κ3) is 3.78. The van der Waals surface area contributed by atoms with Gasteiger partial charge in [-0.2, -0.15) is 0 Å². The monoisotopic (exact) mass is 331 g/mol. The van der Waals surface area contributed by atoms with Crippen molar-refractivity contribution in [2.45, 2.75) is 57.7 Å². The molecule has 0 radical (unpaired) electrons. The van der Waals surface area contributed by atoms with Crippen LogP contribution in [0.2, 0.25) is 0 Å². The van der Waals surface area contributed by atoms with Gasteiger partial charge in [-0.25, -0.2) is 0 Å². The molecule has 1 aliphatic heterocycles. The summed E-state index contributed by atoms with van der Waals surface area (Å²) in [5, 5.41) is 2.91. The maximum absolute atomic E-state index is 12.4. The molecular weight excluding hydrogens is 306 g/mol. The molecule has 1 saturated heterocycles. The molecule has 5 nitrogen and oxygen atoms in total. The number of benzene rings is 1. The Morgan fingerprint density at radius 1 is 1.33 bits per heavy atom. The lowest BCUT2D eigenvalue weighted by Gasteiger charge is -2.27. The fraction of sp³-hybridized carbons (Fsp3) is 0.579. The number of fused-ring (bicyclic) bond motifs is 1. The van der Waals surface area contributed by atoms with E-state index >= 15 is 0 Å². The highest BCUT2D eigenvalue weighted by Gasteiger charge is 2.31. The van der Waals surface area contributed by atoms with Gasteiger partial charge in [-0.05, 0) is 63.3 Å². The number of carbonyl (C=O) groups excluding carboxylic acids is 2. The Balaban J connectivity index is 1.62. The Labute approximate surface area is 142 Å². The quantitative estimate of drug-likeness (QED) is 0.901. The number of Topliss-reactive ketones (excluding diaryl/α,β-unsaturated/α-hetero) is 1. The molecule has 5 heteroatoms. The van der Waals surface area contributed by atoms with Gasteiger partial charge in [0.15, 0.2) is 11.4 Å². The minimum Gasteiger partial charge on any atom is -0.478 e. The summed E-state index contributed by atoms with van der Waals surface area (Å²) in [5.74, 6) is 0.656. The number of hydrogen-bond donors (Lipinski definition) is 1. The third-order valence-corrected chi connectivity index (χ3v) is 4.66. The first-order chi connectivity index (χ1) is 11.5. The van der Waals surface area contributed by atoms with Crippen LogP contribution in [0.5, 0.6) is 5.75 Å². The molecule has 2 aliphatic rings. The lowest BCUT2D eigenvalue weighted by atomic mass is 9.90. The van der Waals surface area contributed by atoms with Crippen LogP contribution in [0, 0.1) is 0 Å². The summed E-state index contributed by atoms with van der Waals surface area (Å²) in [4.78, 5) is 24.3. The summed E-state index contributed by atoms with van der Waals surface area (Å²) >= 11 is 0. The molecule has 1 atom stereocenters. The number of ketones is 1. The molecule has 1 amide bonds. The van der Waals surface area contributed by atoms with E-state index < -0.39 is 5.60 Å². The first-order valence-electron chi connectivity index (χ1n) is 8.71. The maximum atomic E-state index is 12.4. The van der Waals surface area contributed by atoms with Crippen LogP contribution >= 0.6 is 0 Å². The number of rotatable bonds is 5. The van der Waals surface area contributed by atoms with Crippen molar-refractivity contribution >= 4 is 11.7 Å². The minimum atomic E-state index is -0.981. The van der Waals surface area contributed by atoms with Crippen molar-refractivity contribution in [2.75, 3.05) is 13.2 Å². The van der Waals surface area contributed by atoms with Gasteiger partial charge in [-0.15, -0.1) is 0 Å². The average Bonchev–Trinajstić information content (AvgIpc) is 3.05. The van der Waals surface area contributed by atoms with Gasteiger partial charge in [0.2, 0.25) is 0 Å². The largest absolute Gasteiger partial charge is 0.478 e. The van der Waals surface area contributed by atoms with Gasteiger partial charge >= 0.3 is 0 Å². The SMILES string of the molecule is CC(C)(Oc1ccc2c(c1)CCCC2=O)C(=O)NCC1CCCO1. The number of hydrogen-bond acceptors (Lipinski definition) is 4. The van der Waals surface area contributed by atoms with Gasteiger partial charge < -0.3 is 14.8 Å². The summed E-state index contributed by atoms with van der Waals surface area (Å²) in [6, 6.07) is 5.48. The van der Waals surface area contributed by atoms with Crippen molar-refractivity contribution in [1.82, 2.24) is 5.32 Å². The van der Waals surface area contributed by atoms with Crippen LogP contribution < -0.4 is 10.1 Å². The molecule has 1 aromatic carbocycles. The summed E-state index contributed by atoms with van der Waals surface area (Å²) in [5.41, 5.74) is 0.819. The Morgan fingerprint density at radius 2 is 2.17 bits per heavy atom. The number of aryl methyl sites for hydroxylation is 1. The number of amides is 1. The molecule has 1 aliphatic carbocycles. The molecule has 0 spiro atoms. The van der Waals surface area contributed by atoms with Crippen LogP contribution in [0.3, 0.4) is 0 Å². The van der Waals surface area contributed by atoms with Crippen molar-refractivity contribution in [3.05, 3.63) is 29.3 Å². The highest BCUT2D eigenvalue weighted by atomic mass is 16.5. The maximum Gasteiger partial charge on any atom is 0.263 e. The smallest absolute Gasteiger partial charge is 0.263 e. The Kier molecular flexibility index (Phi) is 4.90. The standard InChI is InChI=1S/C19H25NO4/c1-19(2,18(22)20-12-15-6-4-10-23-15)24-14-8-9-16-13(11-14)5-3-7-17(16)21/h8-9,11,15H,3-7,10,12H2,1-2H3,(H,20,22). The fourth-order valence-electron chi connectivity index (χ4n) is 3.25. The van der Waals surface area contributed by atoms with Gasteiger partial charge in [0.1, 0.15) is 5.75 Å². The molecule has 24 heavy (non-hydrogen) atoms. The van der Waals surface area contributed by atoms with Gasteiger partial charge in [-0.3, -0.25) is 9.59 Å². The fourth-order valence-corrected chi connectivity index (χ4v) is 3.25. The van der Waals surface area contributed by atoms with Crippen LogP contribution in [-0.2, 0) is 16.0 Å². The third-order valence-electron chi connectivity index (χ3n) is 4.66. The van der Waals surface area contributed by atoms with E-state index in [1.54, 1.807) is 19.9 Å². The molecule has 1 fully saturated rings. The molecule has 1 N–H and O–H groups in total. The van der Waals surface area contributed by atoms with Crippen molar-refractivity contribution in [2.24, 2.45) is 0 Å². The summed E-state index contributed by atoms with van der Waals surface area (Å²) in [6.45, 7) is 4.80. The lowest BCUT2D eigenvalue weighted by molar-refractivity contribution is -0.134. The predicted octanol–water partition coefficient (Wildman–Crippen LogP) is 2.66. The van der Waals surface area contributed by atoms with E-state index in [1.807, 2.05) is 12.1 Å². The van der Waals surface area contributed by atoms with Crippen molar-refractivity contribution in [3.63, 3.8) is 0 Å². The Bertz CT molecular complexity index is 632. The molecule has 3 rings (SSSR count). The molecule has 0 bridgehead atoms. The second-order valence-electron chi connectivity index (χ2n) is 7.05. The molecular formula is C19H25NO4. The summed E-state index contributed by atoms with van der Waals surface area (Å²) in [6.07, 6.45) is 4.52. The Hall–Kier alpha value is -1.88. The molecule has 0 saturated carbocycles. The van der Waals surface area contributed by atoms with Gasteiger partial charge in [-0.1, -0.05) is 0 Å². The van der Waals surface area contributed by atoms with Crippen molar-refractivity contribution in [1.29, 1.82) is 0 Å². The normalized spacial score (nSPS) is 20.6. The van der Waals surface area contributed by atoms with Crippen LogP contribution in [0.25, 0.3) is 0 Å². The van der Waals surface area contributed by atoms with E-state index in [4.69, 9.17) is 9.47 Å². The summed E-state index contributed by atoms with van der Waals surface area (Å²) in [7, 11) is 0. The molecule has 1 unspecified atom stereocenters. The Morgan fingerprint density at radius 3 is 2.92 bits per heavy atom. The van der Waals surface area contributed by atoms with Gasteiger partial charge in [0.05, 0.1) is 6.10 Å². The van der Waals surface area contributed by atoms with E-state index in [2.05, 4.69) is 5.32 Å². The van der Waals surface area contributed by atoms with Crippen molar-refractivity contribution < 1.29 is 19.1 Å². The number of ether oxygens (including phenoxy) is 2. The molecule has 0 aromatic heterocycles. The van der Waals surface area contributed by atoms with E-state index in [0.717, 1.165) is 43.4 Å². The first-order valence-corrected chi connectivity index (χ1v) is 8.71. The first kappa shape index (κ1) is 17.0. The van der Waals surface area contributed by atoms with Gasteiger partial charge in [0, 0.05) is 25.1 Å². The average molecular weight is 331 g/mol. The number of nitrogens with one attached hydrogen (secondary N) is 1. The van der Waals surface area contributed by atoms with Gasteiger partial charge in [0.25, 0.3) is 5.91 Å². The van der Waals surface area contributed by atoms with E-state index in [-0.39, 0.29) is 17.8 Å². The zero-order valence-electron chi connectivity index (χ0n) is 14.4. The highest BCUT2D eigenvalue weighted by molar-refractivity contribution is 5.98. The van der Waals surface area contributed by atoms with Crippen LogP contribution in [0.15, 0.2) is 18.2 Å². The topological polar surface area (TPSA) is 64.6 Å². The van der Waals surface area contributed by atoms with E-state index in [0.29, 0.717) is 18.7 Å². The van der Waals surface area contributed by atoms with Crippen LogP contribution in [-0.4, -0.2) is 36.5 Å². The second-order valence-corrected chi connectivity index (χ2v) is 7.05. The van der Waals surface area contributed by atoms with E-state index in [1.165, 1.54) is 0 Å².